The van der Waals surface area contributed by atoms with Gasteiger partial charge in [-0.25, -0.2) is 0 Å². The van der Waals surface area contributed by atoms with Crippen LogP contribution in [0.5, 0.6) is 0 Å². The Bertz CT molecular complexity index is 1790. The fourth-order valence-corrected chi connectivity index (χ4v) is 6.99. The van der Waals surface area contributed by atoms with Crippen LogP contribution in [0.3, 0.4) is 0 Å². The van der Waals surface area contributed by atoms with E-state index in [2.05, 4.69) is 192 Å². The molecule has 0 aliphatic rings. The molecule has 50 heavy (non-hydrogen) atoms. The minimum atomic E-state index is 0. The Balaban J connectivity index is 0.000000246. The Kier molecular flexibility index (Phi) is 15.1. The third-order valence-electron chi connectivity index (χ3n) is 8.96. The second kappa shape index (κ2) is 18.1. The van der Waals surface area contributed by atoms with Gasteiger partial charge in [0.2, 0.25) is 0 Å². The molecule has 0 saturated carbocycles. The van der Waals surface area contributed by atoms with Crippen LogP contribution < -0.4 is 0 Å². The Labute approximate surface area is 326 Å². The van der Waals surface area contributed by atoms with Gasteiger partial charge in [0.1, 0.15) is 0 Å². The Morgan fingerprint density at radius 2 is 0.820 bits per heavy atom. The molecule has 0 atom stereocenters. The van der Waals surface area contributed by atoms with Crippen molar-refractivity contribution < 1.29 is 26.2 Å². The van der Waals surface area contributed by atoms with Crippen molar-refractivity contribution in [1.29, 1.82) is 0 Å². The van der Waals surface area contributed by atoms with Crippen molar-refractivity contribution >= 4 is 31.1 Å². The number of rotatable bonds is 6. The van der Waals surface area contributed by atoms with Gasteiger partial charge in [-0.15, -0.1) is 69.1 Å². The van der Waals surface area contributed by atoms with Crippen molar-refractivity contribution in [2.75, 3.05) is 0 Å². The van der Waals surface area contributed by atoms with E-state index in [1.807, 2.05) is 0 Å². The zero-order valence-corrected chi connectivity index (χ0v) is 36.4. The predicted octanol–water partition coefficient (Wildman–Crippen LogP) is 14.2. The first-order valence-corrected chi connectivity index (χ1v) is 20.3. The summed E-state index contributed by atoms with van der Waals surface area (Å²) in [5, 5.41) is 5.50. The number of benzene rings is 4. The quantitative estimate of drug-likeness (QED) is 0.117. The van der Waals surface area contributed by atoms with E-state index in [1.54, 1.807) is 0 Å². The predicted molar refractivity (Wildman–Crippen MR) is 222 cm³/mol. The Morgan fingerprint density at radius 3 is 1.14 bits per heavy atom. The minimum absolute atomic E-state index is 0. The van der Waals surface area contributed by atoms with Crippen LogP contribution in [0.2, 0.25) is 13.1 Å². The summed E-state index contributed by atoms with van der Waals surface area (Å²) >= 11 is 0. The van der Waals surface area contributed by atoms with Gasteiger partial charge in [-0.2, -0.15) is 12.1 Å². The van der Waals surface area contributed by atoms with Crippen LogP contribution in [-0.4, -0.2) is 9.52 Å². The molecule has 0 N–H and O–H groups in total. The third kappa shape index (κ3) is 10.6. The average molecular weight is 756 g/mol. The molecule has 0 bridgehead atoms. The molecule has 260 valence electrons. The van der Waals surface area contributed by atoms with Crippen molar-refractivity contribution in [3.05, 3.63) is 131 Å². The second-order valence-electron chi connectivity index (χ2n) is 16.6. The van der Waals surface area contributed by atoms with Crippen LogP contribution in [0.15, 0.2) is 109 Å². The van der Waals surface area contributed by atoms with Gasteiger partial charge in [-0.05, 0) is 57.8 Å². The first-order valence-electron chi connectivity index (χ1n) is 18.3. The molecule has 6 aromatic carbocycles. The van der Waals surface area contributed by atoms with Gasteiger partial charge in [0.25, 0.3) is 0 Å². The molecule has 0 aliphatic carbocycles. The summed E-state index contributed by atoms with van der Waals surface area (Å²) in [4.78, 5) is 0. The normalized spacial score (nSPS) is 11.6. The maximum absolute atomic E-state index is 2.39. The van der Waals surface area contributed by atoms with E-state index in [1.165, 1.54) is 66.1 Å². The maximum Gasteiger partial charge on any atom is 2.00 e. The molecular formula is C48H60SiZr. The summed E-state index contributed by atoms with van der Waals surface area (Å²) in [5.74, 6) is 1.38. The fourth-order valence-electron chi connectivity index (χ4n) is 6.99. The monoisotopic (exact) mass is 754 g/mol. The van der Waals surface area contributed by atoms with E-state index in [0.29, 0.717) is 11.8 Å². The van der Waals surface area contributed by atoms with Crippen molar-refractivity contribution in [3.8, 4) is 22.3 Å². The fraction of sp³-hybridized carbons (Fsp3) is 0.375. The van der Waals surface area contributed by atoms with Crippen LogP contribution in [0.25, 0.3) is 43.8 Å². The molecule has 6 rings (SSSR count). The van der Waals surface area contributed by atoms with E-state index in [9.17, 15) is 0 Å². The molecular weight excluding hydrogens is 696 g/mol. The molecule has 2 heteroatoms. The molecule has 0 nitrogen and oxygen atoms in total. The van der Waals surface area contributed by atoms with Crippen molar-refractivity contribution in [2.45, 2.75) is 106 Å². The van der Waals surface area contributed by atoms with Crippen LogP contribution >= 0.6 is 0 Å². The van der Waals surface area contributed by atoms with Crippen LogP contribution in [-0.2, 0) is 49.9 Å². The molecule has 6 aromatic rings. The minimum Gasteiger partial charge on any atom is -0.164 e. The second-order valence-corrected chi connectivity index (χ2v) is 17.6. The van der Waals surface area contributed by atoms with Gasteiger partial charge in [0.05, 0.1) is 0 Å². The van der Waals surface area contributed by atoms with Crippen molar-refractivity contribution in [2.24, 2.45) is 11.8 Å². The Hall–Kier alpha value is -2.80. The number of hydrogen-bond donors (Lipinski definition) is 0. The van der Waals surface area contributed by atoms with Crippen molar-refractivity contribution in [1.82, 2.24) is 0 Å². The smallest absolute Gasteiger partial charge is 0.164 e. The summed E-state index contributed by atoms with van der Waals surface area (Å²) in [6.45, 7) is 27.2. The Morgan fingerprint density at radius 1 is 0.500 bits per heavy atom. The SMILES string of the molecule is CC(C)Cc1cc2c(-c3ccccc3C(C)(C)C)cccc2[cH-]1.CC(C)Cc1cc2c(-c3ccccc3C(C)(C)C)cccc2[cH-]1.C[Si]C.[Zr+2]. The zero-order valence-electron chi connectivity index (χ0n) is 33.0. The van der Waals surface area contributed by atoms with Gasteiger partial charge < -0.3 is 0 Å². The third-order valence-corrected chi connectivity index (χ3v) is 8.96. The zero-order chi connectivity index (χ0) is 35.9. The van der Waals surface area contributed by atoms with Crippen LogP contribution in [0, 0.1) is 11.8 Å². The first kappa shape index (κ1) is 41.6. The largest absolute Gasteiger partial charge is 2.00 e. The molecule has 0 spiro atoms. The number of hydrogen-bond acceptors (Lipinski definition) is 0. The standard InChI is InChI=1S/2C23H27.C2H6Si.Zr/c2*1-16(2)13-17-14-18-9-8-11-19(21(18)15-17)20-10-6-7-12-22(20)23(3,4)5;1-3-2;/h2*6-12,14-16H,13H2,1-5H3;1-2H3;/q2*-1;;+2. The van der Waals surface area contributed by atoms with Crippen LogP contribution in [0.4, 0.5) is 0 Å². The summed E-state index contributed by atoms with van der Waals surface area (Å²) in [6, 6.07) is 40.6. The van der Waals surface area contributed by atoms with E-state index in [-0.39, 0.29) is 37.0 Å². The molecule has 0 unspecified atom stereocenters. The van der Waals surface area contributed by atoms with Gasteiger partial charge in [-0.1, -0.05) is 154 Å². The first-order chi connectivity index (χ1) is 23.1. The average Bonchev–Trinajstić information content (AvgIpc) is 3.63. The number of fused-ring (bicyclic) bond motifs is 2. The summed E-state index contributed by atoms with van der Waals surface area (Å²) in [6.07, 6.45) is 2.30. The van der Waals surface area contributed by atoms with E-state index in [4.69, 9.17) is 0 Å². The van der Waals surface area contributed by atoms with Crippen LogP contribution in [0.1, 0.15) is 91.5 Å². The maximum atomic E-state index is 2.39. The molecule has 0 saturated heterocycles. The molecule has 0 amide bonds. The molecule has 0 heterocycles. The summed E-state index contributed by atoms with van der Waals surface area (Å²) in [5.41, 5.74) is 11.5. The van der Waals surface area contributed by atoms with Gasteiger partial charge in [0, 0.05) is 9.52 Å². The van der Waals surface area contributed by atoms with E-state index in [0.717, 1.165) is 22.4 Å². The summed E-state index contributed by atoms with van der Waals surface area (Å²) < 4.78 is 0. The van der Waals surface area contributed by atoms with Gasteiger partial charge >= 0.3 is 26.2 Å². The summed E-state index contributed by atoms with van der Waals surface area (Å²) in [7, 11) is 1.08. The van der Waals surface area contributed by atoms with Gasteiger partial charge in [-0.3, -0.25) is 0 Å². The topological polar surface area (TPSA) is 0 Å². The van der Waals surface area contributed by atoms with Crippen molar-refractivity contribution in [3.63, 3.8) is 0 Å². The molecule has 0 fully saturated rings. The van der Waals surface area contributed by atoms with Gasteiger partial charge in [0.15, 0.2) is 0 Å². The molecule has 2 radical (unpaired) electrons. The van der Waals surface area contributed by atoms with E-state index >= 15 is 0 Å². The molecule has 0 aliphatic heterocycles. The molecule has 0 aromatic heterocycles. The van der Waals surface area contributed by atoms with E-state index < -0.39 is 0 Å².